The topological polar surface area (TPSA) is 43.8 Å². The zero-order chi connectivity index (χ0) is 8.27. The summed E-state index contributed by atoms with van der Waals surface area (Å²) in [6, 6.07) is 0. The normalized spacial score (nSPS) is 10.6. The van der Waals surface area contributed by atoms with E-state index in [0.29, 0.717) is 5.82 Å². The first kappa shape index (κ1) is 7.60. The van der Waals surface area contributed by atoms with Crippen molar-refractivity contribution in [1.82, 2.24) is 9.55 Å². The minimum atomic E-state index is 0.623. The van der Waals surface area contributed by atoms with Gasteiger partial charge in [-0.15, -0.1) is 0 Å². The zero-order valence-electron chi connectivity index (χ0n) is 6.49. The Balaban J connectivity index is 3.17. The molecule has 0 unspecified atom stereocenters. The van der Waals surface area contributed by atoms with Gasteiger partial charge in [-0.2, -0.15) is 0 Å². The van der Waals surface area contributed by atoms with E-state index >= 15 is 0 Å². The van der Waals surface area contributed by atoms with Gasteiger partial charge in [-0.05, 0) is 13.0 Å². The molecule has 0 aromatic carbocycles. The molecular formula is C8H11N3. The summed E-state index contributed by atoms with van der Waals surface area (Å²) in [5.41, 5.74) is 5.60. The van der Waals surface area contributed by atoms with E-state index in [4.69, 9.17) is 5.73 Å². The molecular weight excluding hydrogens is 138 g/mol. The third-order valence-electron chi connectivity index (χ3n) is 1.33. The Labute approximate surface area is 65.9 Å². The van der Waals surface area contributed by atoms with Crippen molar-refractivity contribution in [1.29, 1.82) is 0 Å². The van der Waals surface area contributed by atoms with Gasteiger partial charge in [-0.1, -0.05) is 12.7 Å². The number of allylic oxidation sites excluding steroid dienone is 1. The highest BCUT2D eigenvalue weighted by molar-refractivity contribution is 5.50. The van der Waals surface area contributed by atoms with E-state index in [1.165, 1.54) is 0 Å². The third kappa shape index (κ3) is 1.32. The summed E-state index contributed by atoms with van der Waals surface area (Å²) in [5.74, 6) is 1.39. The second-order valence-corrected chi connectivity index (χ2v) is 2.10. The lowest BCUT2D eigenvalue weighted by atomic mass is 10.5. The molecule has 0 aliphatic carbocycles. The summed E-state index contributed by atoms with van der Waals surface area (Å²) in [5, 5.41) is 0. The number of hydrogen-bond donors (Lipinski definition) is 1. The molecule has 0 bridgehead atoms. The van der Waals surface area contributed by atoms with Crippen molar-refractivity contribution in [3.05, 3.63) is 24.7 Å². The molecule has 1 heterocycles. The van der Waals surface area contributed by atoms with Crippen molar-refractivity contribution >= 4 is 18.1 Å². The van der Waals surface area contributed by atoms with Gasteiger partial charge in [-0.25, -0.2) is 4.98 Å². The second-order valence-electron chi connectivity index (χ2n) is 2.10. The Bertz CT molecular complexity index is 284. The van der Waals surface area contributed by atoms with E-state index in [2.05, 4.69) is 11.6 Å². The molecule has 1 rings (SSSR count). The molecule has 0 saturated heterocycles. The van der Waals surface area contributed by atoms with Crippen LogP contribution in [0.3, 0.4) is 0 Å². The van der Waals surface area contributed by atoms with E-state index in [0.717, 1.165) is 5.82 Å². The lowest BCUT2D eigenvalue weighted by molar-refractivity contribution is 1.11. The summed E-state index contributed by atoms with van der Waals surface area (Å²) in [4.78, 5) is 4.02. The van der Waals surface area contributed by atoms with E-state index in [-0.39, 0.29) is 0 Å². The average molecular weight is 149 g/mol. The Morgan fingerprint density at radius 1 is 1.73 bits per heavy atom. The van der Waals surface area contributed by atoms with Crippen LogP contribution in [0.2, 0.25) is 0 Å². The number of aromatic nitrogens is 2. The highest BCUT2D eigenvalue weighted by Crippen LogP contribution is 2.08. The maximum absolute atomic E-state index is 5.60. The van der Waals surface area contributed by atoms with Gasteiger partial charge in [0.2, 0.25) is 0 Å². The molecule has 0 spiro atoms. The molecule has 3 heteroatoms. The van der Waals surface area contributed by atoms with Crippen molar-refractivity contribution in [2.24, 2.45) is 0 Å². The van der Waals surface area contributed by atoms with Gasteiger partial charge in [-0.3, -0.25) is 4.57 Å². The predicted molar refractivity (Wildman–Crippen MR) is 47.7 cm³/mol. The summed E-state index contributed by atoms with van der Waals surface area (Å²) >= 11 is 0. The fourth-order valence-electron chi connectivity index (χ4n) is 0.851. The van der Waals surface area contributed by atoms with Crippen LogP contribution in [-0.2, 0) is 0 Å². The van der Waals surface area contributed by atoms with Gasteiger partial charge < -0.3 is 5.73 Å². The van der Waals surface area contributed by atoms with Crippen LogP contribution in [-0.4, -0.2) is 9.55 Å². The predicted octanol–water partition coefficient (Wildman–Crippen LogP) is 1.60. The lowest BCUT2D eigenvalue weighted by Gasteiger charge is -1.97. The van der Waals surface area contributed by atoms with Crippen LogP contribution in [0.25, 0.3) is 12.3 Å². The molecule has 1 aromatic heterocycles. The zero-order valence-corrected chi connectivity index (χ0v) is 6.49. The van der Waals surface area contributed by atoms with Crippen molar-refractivity contribution in [3.8, 4) is 0 Å². The lowest BCUT2D eigenvalue weighted by Crippen LogP contribution is -1.95. The summed E-state index contributed by atoms with van der Waals surface area (Å²) in [7, 11) is 0. The third-order valence-corrected chi connectivity index (χ3v) is 1.33. The minimum Gasteiger partial charge on any atom is -0.383 e. The van der Waals surface area contributed by atoms with Crippen LogP contribution in [0, 0.1) is 0 Å². The quantitative estimate of drug-likeness (QED) is 0.694. The minimum absolute atomic E-state index is 0.623. The van der Waals surface area contributed by atoms with Crippen LogP contribution < -0.4 is 5.73 Å². The Hall–Kier alpha value is -1.51. The molecule has 1 aromatic rings. The Kier molecular flexibility index (Phi) is 2.11. The number of nitrogen functional groups attached to an aromatic ring is 1. The summed E-state index contributed by atoms with van der Waals surface area (Å²) in [6.07, 6.45) is 7.01. The molecule has 0 radical (unpaired) electrons. The van der Waals surface area contributed by atoms with Crippen molar-refractivity contribution in [2.75, 3.05) is 5.73 Å². The number of imidazole rings is 1. The molecule has 11 heavy (non-hydrogen) atoms. The van der Waals surface area contributed by atoms with E-state index in [1.807, 2.05) is 19.2 Å². The van der Waals surface area contributed by atoms with Crippen LogP contribution >= 0.6 is 0 Å². The van der Waals surface area contributed by atoms with Gasteiger partial charge in [0.15, 0.2) is 0 Å². The molecule has 58 valence electrons. The largest absolute Gasteiger partial charge is 0.383 e. The van der Waals surface area contributed by atoms with Crippen molar-refractivity contribution in [3.63, 3.8) is 0 Å². The van der Waals surface area contributed by atoms with E-state index < -0.39 is 0 Å². The van der Waals surface area contributed by atoms with Gasteiger partial charge in [0, 0.05) is 6.20 Å². The van der Waals surface area contributed by atoms with Gasteiger partial charge in [0.1, 0.15) is 11.6 Å². The van der Waals surface area contributed by atoms with E-state index in [9.17, 15) is 0 Å². The molecule has 0 saturated carbocycles. The maximum Gasteiger partial charge on any atom is 0.137 e. The van der Waals surface area contributed by atoms with Crippen LogP contribution in [0.5, 0.6) is 0 Å². The van der Waals surface area contributed by atoms with Crippen molar-refractivity contribution in [2.45, 2.75) is 6.92 Å². The Morgan fingerprint density at radius 2 is 2.45 bits per heavy atom. The molecule has 0 fully saturated rings. The number of rotatable bonds is 2. The van der Waals surface area contributed by atoms with Crippen LogP contribution in [0.1, 0.15) is 12.7 Å². The van der Waals surface area contributed by atoms with Gasteiger partial charge >= 0.3 is 0 Å². The maximum atomic E-state index is 5.60. The molecule has 0 aliphatic heterocycles. The first-order chi connectivity index (χ1) is 5.29. The summed E-state index contributed by atoms with van der Waals surface area (Å²) < 4.78 is 1.77. The molecule has 3 nitrogen and oxygen atoms in total. The second kappa shape index (κ2) is 3.05. The number of nitrogens with zero attached hydrogens (tertiary/aromatic N) is 2. The molecule has 0 aliphatic rings. The molecule has 0 amide bonds. The highest BCUT2D eigenvalue weighted by Gasteiger charge is 1.98. The van der Waals surface area contributed by atoms with Crippen molar-refractivity contribution < 1.29 is 0 Å². The first-order valence-electron chi connectivity index (χ1n) is 3.37. The monoisotopic (exact) mass is 149 g/mol. The van der Waals surface area contributed by atoms with Gasteiger partial charge in [0.25, 0.3) is 0 Å². The fourth-order valence-corrected chi connectivity index (χ4v) is 0.851. The highest BCUT2D eigenvalue weighted by atomic mass is 15.1. The Morgan fingerprint density at radius 3 is 3.00 bits per heavy atom. The molecule has 0 atom stereocenters. The van der Waals surface area contributed by atoms with Crippen LogP contribution in [0.15, 0.2) is 18.9 Å². The summed E-state index contributed by atoms with van der Waals surface area (Å²) in [6.45, 7) is 5.54. The number of hydrogen-bond acceptors (Lipinski definition) is 2. The van der Waals surface area contributed by atoms with Gasteiger partial charge in [0.05, 0.1) is 6.20 Å². The molecule has 2 N–H and O–H groups in total. The fraction of sp³-hybridized carbons (Fsp3) is 0.125. The number of anilines is 1. The average Bonchev–Trinajstić information content (AvgIpc) is 2.34. The van der Waals surface area contributed by atoms with Crippen LogP contribution in [0.4, 0.5) is 5.82 Å². The smallest absolute Gasteiger partial charge is 0.137 e. The number of nitrogens with two attached hydrogens (primary N) is 1. The standard InChI is InChI=1S/C8H11N3/c1-3-5-11-7(9)6-10-8(11)4-2/h3-6H,2,9H2,1H3/b5-3-. The SMILES string of the molecule is C=Cc1ncc(N)n1/C=C\C. The van der Waals surface area contributed by atoms with E-state index in [1.54, 1.807) is 16.8 Å². The first-order valence-corrected chi connectivity index (χ1v) is 3.37.